The number of likely N-dealkylation sites (N-methyl/N-ethyl adjacent to an activating group) is 1. The monoisotopic (exact) mass is 386 g/mol. The zero-order chi connectivity index (χ0) is 19.3. The number of nitrogens with zero attached hydrogens (tertiary/aromatic N) is 2. The van der Waals surface area contributed by atoms with E-state index in [1.54, 1.807) is 4.90 Å². The van der Waals surface area contributed by atoms with Crippen molar-refractivity contribution in [3.63, 3.8) is 0 Å². The van der Waals surface area contributed by atoms with Gasteiger partial charge < -0.3 is 19.6 Å². The van der Waals surface area contributed by atoms with Crippen LogP contribution in [0.25, 0.3) is 0 Å². The highest BCUT2D eigenvalue weighted by molar-refractivity contribution is 6.30. The molecule has 0 saturated carbocycles. The molecule has 1 N–H and O–H groups in total. The van der Waals surface area contributed by atoms with E-state index >= 15 is 0 Å². The maximum Gasteiger partial charge on any atom is 0.306 e. The topological polar surface area (TPSA) is 87.2 Å². The van der Waals surface area contributed by atoms with Crippen molar-refractivity contribution in [2.75, 3.05) is 33.3 Å². The molecule has 9 heteroatoms. The number of piperidine rings is 1. The normalized spacial score (nSPS) is 14.8. The van der Waals surface area contributed by atoms with Crippen LogP contribution in [0.1, 0.15) is 12.8 Å². The number of benzene rings is 1. The van der Waals surface area contributed by atoms with Crippen LogP contribution in [0.2, 0.25) is 5.02 Å². The quantitative estimate of drug-likeness (QED) is 0.803. The predicted molar refractivity (Wildman–Crippen MR) is 91.5 cm³/mol. The second-order valence-electron chi connectivity index (χ2n) is 6.11. The molecule has 2 amide bonds. The van der Waals surface area contributed by atoms with Crippen molar-refractivity contribution in [1.82, 2.24) is 9.80 Å². The van der Waals surface area contributed by atoms with Gasteiger partial charge in [0.15, 0.2) is 6.61 Å². The Hall–Kier alpha value is -2.35. The van der Waals surface area contributed by atoms with Crippen molar-refractivity contribution in [3.8, 4) is 5.75 Å². The summed E-state index contributed by atoms with van der Waals surface area (Å²) >= 11 is 5.64. The summed E-state index contributed by atoms with van der Waals surface area (Å²) in [5, 5.41) is 8.86. The van der Waals surface area contributed by atoms with Gasteiger partial charge in [-0.05, 0) is 25.0 Å². The van der Waals surface area contributed by atoms with Gasteiger partial charge in [0.05, 0.1) is 17.5 Å². The number of ether oxygens (including phenoxy) is 1. The van der Waals surface area contributed by atoms with Crippen molar-refractivity contribution in [1.29, 1.82) is 0 Å². The van der Waals surface area contributed by atoms with Crippen molar-refractivity contribution >= 4 is 29.4 Å². The third-order valence-corrected chi connectivity index (χ3v) is 4.54. The largest absolute Gasteiger partial charge is 0.484 e. The molecular formula is C17H20ClFN2O5. The lowest BCUT2D eigenvalue weighted by molar-refractivity contribution is -0.146. The summed E-state index contributed by atoms with van der Waals surface area (Å²) in [6.45, 7) is 0.293. The van der Waals surface area contributed by atoms with Gasteiger partial charge in [0.2, 0.25) is 5.91 Å². The van der Waals surface area contributed by atoms with Crippen LogP contribution in [0, 0.1) is 11.7 Å². The van der Waals surface area contributed by atoms with Gasteiger partial charge in [-0.15, -0.1) is 0 Å². The maximum absolute atomic E-state index is 13.1. The minimum absolute atomic E-state index is 0.108. The zero-order valence-electron chi connectivity index (χ0n) is 14.3. The van der Waals surface area contributed by atoms with Crippen LogP contribution in [0.4, 0.5) is 4.39 Å². The molecule has 1 aromatic carbocycles. The molecule has 1 aromatic rings. The van der Waals surface area contributed by atoms with Gasteiger partial charge in [0.25, 0.3) is 5.91 Å². The third-order valence-electron chi connectivity index (χ3n) is 4.25. The van der Waals surface area contributed by atoms with E-state index in [4.69, 9.17) is 21.4 Å². The fraction of sp³-hybridized carbons (Fsp3) is 0.471. The fourth-order valence-electron chi connectivity index (χ4n) is 2.59. The van der Waals surface area contributed by atoms with E-state index in [9.17, 15) is 18.8 Å². The third kappa shape index (κ3) is 5.32. The first-order valence-corrected chi connectivity index (χ1v) is 8.48. The van der Waals surface area contributed by atoms with E-state index in [2.05, 4.69) is 0 Å². The van der Waals surface area contributed by atoms with Gasteiger partial charge in [-0.2, -0.15) is 0 Å². The Morgan fingerprint density at radius 1 is 1.35 bits per heavy atom. The molecule has 0 spiro atoms. The predicted octanol–water partition coefficient (Wildman–Crippen LogP) is 1.64. The summed E-state index contributed by atoms with van der Waals surface area (Å²) in [4.78, 5) is 38.0. The molecule has 142 valence electrons. The molecule has 0 atom stereocenters. The van der Waals surface area contributed by atoms with E-state index in [1.807, 2.05) is 0 Å². The Labute approximate surface area is 155 Å². The highest BCUT2D eigenvalue weighted by atomic mass is 35.5. The number of amides is 2. The van der Waals surface area contributed by atoms with Gasteiger partial charge >= 0.3 is 5.97 Å². The molecule has 1 fully saturated rings. The van der Waals surface area contributed by atoms with Crippen LogP contribution >= 0.6 is 11.6 Å². The molecule has 1 heterocycles. The number of hydrogen-bond acceptors (Lipinski definition) is 4. The summed E-state index contributed by atoms with van der Waals surface area (Å²) in [5.74, 6) is -2.26. The average Bonchev–Trinajstić information content (AvgIpc) is 2.62. The number of likely N-dealkylation sites (tertiary alicyclic amines) is 1. The van der Waals surface area contributed by atoms with Crippen LogP contribution in [-0.4, -0.2) is 66.0 Å². The molecular weight excluding hydrogens is 367 g/mol. The number of aliphatic carboxylic acids is 1. The standard InChI is InChI=1S/C17H20ClFN2O5/c1-20(9-15(22)21-6-4-11(5-7-21)17(24)25)16(23)10-26-12-2-3-14(19)13(18)8-12/h2-3,8,11H,4-7,9-10H2,1H3,(H,24,25). The summed E-state index contributed by atoms with van der Waals surface area (Å²) in [5.41, 5.74) is 0. The molecule has 1 aliphatic rings. The summed E-state index contributed by atoms with van der Waals surface area (Å²) in [7, 11) is 1.48. The molecule has 7 nitrogen and oxygen atoms in total. The number of carboxylic acid groups (broad SMARTS) is 1. The van der Waals surface area contributed by atoms with Crippen molar-refractivity contribution in [2.45, 2.75) is 12.8 Å². The maximum atomic E-state index is 13.1. The van der Waals surface area contributed by atoms with Gasteiger partial charge in [-0.1, -0.05) is 11.6 Å². The number of halogens is 2. The number of rotatable bonds is 6. The molecule has 0 bridgehead atoms. The number of carboxylic acids is 1. The molecule has 2 rings (SSSR count). The molecule has 26 heavy (non-hydrogen) atoms. The molecule has 1 saturated heterocycles. The van der Waals surface area contributed by atoms with Crippen molar-refractivity contribution in [2.24, 2.45) is 5.92 Å². The van der Waals surface area contributed by atoms with Crippen molar-refractivity contribution < 1.29 is 28.6 Å². The van der Waals surface area contributed by atoms with Gasteiger partial charge in [0, 0.05) is 26.2 Å². The highest BCUT2D eigenvalue weighted by Gasteiger charge is 2.27. The Morgan fingerprint density at radius 2 is 2.00 bits per heavy atom. The second kappa shape index (κ2) is 8.84. The molecule has 0 radical (unpaired) electrons. The Kier molecular flexibility index (Phi) is 6.79. The lowest BCUT2D eigenvalue weighted by atomic mass is 9.97. The number of carbonyl (C=O) groups excluding carboxylic acids is 2. The first-order valence-electron chi connectivity index (χ1n) is 8.10. The SMILES string of the molecule is CN(CC(=O)N1CCC(C(=O)O)CC1)C(=O)COc1ccc(F)c(Cl)c1. The van der Waals surface area contributed by atoms with Crippen LogP contribution in [-0.2, 0) is 14.4 Å². The molecule has 1 aliphatic heterocycles. The summed E-state index contributed by atoms with van der Waals surface area (Å²) in [6.07, 6.45) is 0.820. The van der Waals surface area contributed by atoms with Gasteiger partial charge in [-0.3, -0.25) is 14.4 Å². The number of carbonyl (C=O) groups is 3. The van der Waals surface area contributed by atoms with E-state index in [1.165, 1.54) is 24.1 Å². The fourth-order valence-corrected chi connectivity index (χ4v) is 2.76. The molecule has 0 unspecified atom stereocenters. The van der Waals surface area contributed by atoms with E-state index in [0.29, 0.717) is 25.9 Å². The Bertz CT molecular complexity index is 692. The van der Waals surface area contributed by atoms with E-state index < -0.39 is 23.6 Å². The first kappa shape index (κ1) is 20.0. The summed E-state index contributed by atoms with van der Waals surface area (Å²) < 4.78 is 18.3. The zero-order valence-corrected chi connectivity index (χ0v) is 15.0. The van der Waals surface area contributed by atoms with Crippen LogP contribution in [0.15, 0.2) is 18.2 Å². The minimum atomic E-state index is -0.845. The average molecular weight is 387 g/mol. The lowest BCUT2D eigenvalue weighted by Crippen LogP contribution is -2.46. The van der Waals surface area contributed by atoms with Crippen LogP contribution < -0.4 is 4.74 Å². The second-order valence-corrected chi connectivity index (χ2v) is 6.51. The van der Waals surface area contributed by atoms with Crippen LogP contribution in [0.3, 0.4) is 0 Å². The molecule has 0 aromatic heterocycles. The van der Waals surface area contributed by atoms with Gasteiger partial charge in [-0.25, -0.2) is 4.39 Å². The smallest absolute Gasteiger partial charge is 0.306 e. The van der Waals surface area contributed by atoms with Gasteiger partial charge in [0.1, 0.15) is 11.6 Å². The Morgan fingerprint density at radius 3 is 2.58 bits per heavy atom. The lowest BCUT2D eigenvalue weighted by Gasteiger charge is -2.31. The van der Waals surface area contributed by atoms with E-state index in [0.717, 1.165) is 6.07 Å². The van der Waals surface area contributed by atoms with Crippen LogP contribution in [0.5, 0.6) is 5.75 Å². The van der Waals surface area contributed by atoms with Crippen molar-refractivity contribution in [3.05, 3.63) is 29.0 Å². The Balaban J connectivity index is 1.78. The van der Waals surface area contributed by atoms with E-state index in [-0.39, 0.29) is 29.8 Å². The summed E-state index contributed by atoms with van der Waals surface area (Å²) in [6, 6.07) is 3.75. The number of hydrogen-bond donors (Lipinski definition) is 1. The minimum Gasteiger partial charge on any atom is -0.484 e. The molecule has 0 aliphatic carbocycles. The first-order chi connectivity index (χ1) is 12.3. The highest BCUT2D eigenvalue weighted by Crippen LogP contribution is 2.21.